The molecule has 1 amide bonds. The van der Waals surface area contributed by atoms with Gasteiger partial charge in [0, 0.05) is 49.2 Å². The van der Waals surface area contributed by atoms with Gasteiger partial charge in [0.15, 0.2) is 0 Å². The van der Waals surface area contributed by atoms with E-state index in [9.17, 15) is 9.90 Å². The first kappa shape index (κ1) is 23.8. The van der Waals surface area contributed by atoms with Crippen LogP contribution >= 0.6 is 0 Å². The first-order valence-electron chi connectivity index (χ1n) is 12.6. The van der Waals surface area contributed by atoms with Crippen molar-refractivity contribution in [3.05, 3.63) is 107 Å². The number of nitrogens with zero attached hydrogens (tertiary/aromatic N) is 3. The van der Waals surface area contributed by atoms with Gasteiger partial charge >= 0.3 is 0 Å². The number of hydrogen-bond donors (Lipinski definition) is 2. The number of aromatic nitrogens is 2. The quantitative estimate of drug-likeness (QED) is 0.371. The zero-order chi connectivity index (χ0) is 25.1. The number of amides is 1. The van der Waals surface area contributed by atoms with Crippen LogP contribution in [0.15, 0.2) is 79.0 Å². The fraction of sp³-hybridized carbons (Fsp3) is 0.267. The van der Waals surface area contributed by atoms with E-state index in [0.717, 1.165) is 41.2 Å². The number of imidazole rings is 1. The van der Waals surface area contributed by atoms with Crippen LogP contribution in [0.5, 0.6) is 5.75 Å². The SMILES string of the molecule is CCN(CC)C(=O)c1ccc(C2c3cc(O)ccc3CCN2Cc2cnc(-c3ccccc3)[nH]2)cc1. The average Bonchev–Trinajstić information content (AvgIpc) is 3.38. The summed E-state index contributed by atoms with van der Waals surface area (Å²) in [7, 11) is 0. The molecule has 3 aromatic carbocycles. The number of rotatable bonds is 7. The van der Waals surface area contributed by atoms with Crippen molar-refractivity contribution in [1.82, 2.24) is 19.8 Å². The van der Waals surface area contributed by atoms with Crippen molar-refractivity contribution in [2.45, 2.75) is 32.9 Å². The van der Waals surface area contributed by atoms with E-state index in [-0.39, 0.29) is 17.7 Å². The van der Waals surface area contributed by atoms with Crippen LogP contribution in [0.25, 0.3) is 11.4 Å². The molecule has 0 fully saturated rings. The lowest BCUT2D eigenvalue weighted by molar-refractivity contribution is 0.0773. The normalized spacial score (nSPS) is 15.4. The lowest BCUT2D eigenvalue weighted by Crippen LogP contribution is -2.36. The lowest BCUT2D eigenvalue weighted by atomic mass is 9.87. The zero-order valence-electron chi connectivity index (χ0n) is 20.8. The van der Waals surface area contributed by atoms with Crippen LogP contribution in [0.4, 0.5) is 0 Å². The van der Waals surface area contributed by atoms with Gasteiger partial charge in [0.05, 0.1) is 6.04 Å². The number of benzene rings is 3. The molecule has 1 unspecified atom stereocenters. The Balaban J connectivity index is 1.46. The number of aromatic hydroxyl groups is 1. The maximum absolute atomic E-state index is 12.8. The minimum atomic E-state index is -0.0399. The molecule has 1 atom stereocenters. The van der Waals surface area contributed by atoms with Gasteiger partial charge in [-0.15, -0.1) is 0 Å². The van der Waals surface area contributed by atoms with Gasteiger partial charge in [-0.3, -0.25) is 9.69 Å². The van der Waals surface area contributed by atoms with Crippen molar-refractivity contribution in [3.8, 4) is 17.1 Å². The van der Waals surface area contributed by atoms with Crippen LogP contribution in [0.3, 0.4) is 0 Å². The Labute approximate surface area is 212 Å². The first-order chi connectivity index (χ1) is 17.6. The Bertz CT molecular complexity index is 1330. The topological polar surface area (TPSA) is 72.5 Å². The van der Waals surface area contributed by atoms with Gasteiger partial charge in [0.25, 0.3) is 5.91 Å². The molecule has 1 aliphatic rings. The highest BCUT2D eigenvalue weighted by Crippen LogP contribution is 2.38. The molecule has 6 nitrogen and oxygen atoms in total. The molecule has 4 aromatic rings. The van der Waals surface area contributed by atoms with Crippen LogP contribution in [0.2, 0.25) is 0 Å². The van der Waals surface area contributed by atoms with Crippen LogP contribution < -0.4 is 0 Å². The number of hydrogen-bond acceptors (Lipinski definition) is 4. The van der Waals surface area contributed by atoms with Gasteiger partial charge in [0.2, 0.25) is 0 Å². The molecule has 2 heterocycles. The third kappa shape index (κ3) is 4.77. The van der Waals surface area contributed by atoms with E-state index in [4.69, 9.17) is 0 Å². The van der Waals surface area contributed by atoms with Crippen molar-refractivity contribution < 1.29 is 9.90 Å². The zero-order valence-corrected chi connectivity index (χ0v) is 20.8. The predicted molar refractivity (Wildman–Crippen MR) is 142 cm³/mol. The number of carbonyl (C=O) groups is 1. The van der Waals surface area contributed by atoms with E-state index in [1.54, 1.807) is 6.07 Å². The van der Waals surface area contributed by atoms with Gasteiger partial charge in [-0.05, 0) is 61.2 Å². The Morgan fingerprint density at radius 3 is 2.53 bits per heavy atom. The molecule has 2 N–H and O–H groups in total. The van der Waals surface area contributed by atoms with Gasteiger partial charge in [0.1, 0.15) is 11.6 Å². The summed E-state index contributed by atoms with van der Waals surface area (Å²) in [6, 6.07) is 23.7. The summed E-state index contributed by atoms with van der Waals surface area (Å²) in [6.45, 7) is 6.95. The maximum atomic E-state index is 12.8. The van der Waals surface area contributed by atoms with E-state index in [1.807, 2.05) is 79.5 Å². The van der Waals surface area contributed by atoms with Crippen molar-refractivity contribution in [3.63, 3.8) is 0 Å². The van der Waals surface area contributed by atoms with Crippen LogP contribution in [0, 0.1) is 0 Å². The van der Waals surface area contributed by atoms with Crippen molar-refractivity contribution in [2.75, 3.05) is 19.6 Å². The summed E-state index contributed by atoms with van der Waals surface area (Å²) in [6.07, 6.45) is 2.81. The van der Waals surface area contributed by atoms with Gasteiger partial charge in [-0.25, -0.2) is 4.98 Å². The Morgan fingerprint density at radius 1 is 1.06 bits per heavy atom. The minimum Gasteiger partial charge on any atom is -0.508 e. The fourth-order valence-electron chi connectivity index (χ4n) is 5.12. The van der Waals surface area contributed by atoms with E-state index in [0.29, 0.717) is 25.2 Å². The summed E-state index contributed by atoms with van der Waals surface area (Å²) in [5.74, 6) is 1.18. The monoisotopic (exact) mass is 480 g/mol. The third-order valence-electron chi connectivity index (χ3n) is 7.03. The number of nitrogens with one attached hydrogen (secondary N) is 1. The maximum Gasteiger partial charge on any atom is 0.253 e. The molecule has 1 aromatic heterocycles. The van der Waals surface area contributed by atoms with Crippen molar-refractivity contribution in [2.24, 2.45) is 0 Å². The third-order valence-corrected chi connectivity index (χ3v) is 7.03. The highest BCUT2D eigenvalue weighted by molar-refractivity contribution is 5.94. The second-order valence-electron chi connectivity index (χ2n) is 9.23. The van der Waals surface area contributed by atoms with Crippen molar-refractivity contribution in [1.29, 1.82) is 0 Å². The molecule has 184 valence electrons. The Hall–Kier alpha value is -3.90. The van der Waals surface area contributed by atoms with Crippen LogP contribution in [-0.2, 0) is 13.0 Å². The van der Waals surface area contributed by atoms with E-state index in [1.165, 1.54) is 5.56 Å². The smallest absolute Gasteiger partial charge is 0.253 e. The minimum absolute atomic E-state index is 0.0399. The molecule has 0 saturated heterocycles. The first-order valence-corrected chi connectivity index (χ1v) is 12.6. The lowest BCUT2D eigenvalue weighted by Gasteiger charge is -2.37. The van der Waals surface area contributed by atoms with E-state index in [2.05, 4.69) is 27.0 Å². The summed E-state index contributed by atoms with van der Waals surface area (Å²) >= 11 is 0. The average molecular weight is 481 g/mol. The number of H-pyrrole nitrogens is 1. The standard InChI is InChI=1S/C30H32N4O2/c1-3-33(4-2)30(36)24-12-10-22(11-13-24)28-27-18-26(35)15-14-21(27)16-17-34(28)20-25-19-31-29(32-25)23-8-6-5-7-9-23/h5-15,18-19,28,35H,3-4,16-17,20H2,1-2H3,(H,31,32). The van der Waals surface area contributed by atoms with E-state index < -0.39 is 0 Å². The predicted octanol–water partition coefficient (Wildman–Crippen LogP) is 5.41. The summed E-state index contributed by atoms with van der Waals surface area (Å²) in [5.41, 5.74) is 6.24. The molecule has 0 aliphatic carbocycles. The fourth-order valence-corrected chi connectivity index (χ4v) is 5.12. The number of carbonyl (C=O) groups excluding carboxylic acids is 1. The molecule has 6 heteroatoms. The van der Waals surface area contributed by atoms with Gasteiger partial charge in [-0.1, -0.05) is 48.5 Å². The Kier molecular flexibility index (Phi) is 6.87. The number of phenolic OH excluding ortho intramolecular Hbond substituents is 1. The summed E-state index contributed by atoms with van der Waals surface area (Å²) in [5, 5.41) is 10.3. The number of fused-ring (bicyclic) bond motifs is 1. The summed E-state index contributed by atoms with van der Waals surface area (Å²) in [4.78, 5) is 25.2. The Morgan fingerprint density at radius 2 is 1.81 bits per heavy atom. The second-order valence-corrected chi connectivity index (χ2v) is 9.23. The molecule has 36 heavy (non-hydrogen) atoms. The molecule has 0 radical (unpaired) electrons. The highest BCUT2D eigenvalue weighted by Gasteiger charge is 2.30. The molecule has 1 aliphatic heterocycles. The van der Waals surface area contributed by atoms with Crippen molar-refractivity contribution >= 4 is 5.91 Å². The summed E-state index contributed by atoms with van der Waals surface area (Å²) < 4.78 is 0. The van der Waals surface area contributed by atoms with Crippen LogP contribution in [-0.4, -0.2) is 50.4 Å². The van der Waals surface area contributed by atoms with Crippen LogP contribution in [0.1, 0.15) is 52.6 Å². The highest BCUT2D eigenvalue weighted by atomic mass is 16.3. The number of aromatic amines is 1. The van der Waals surface area contributed by atoms with Gasteiger partial charge < -0.3 is 15.0 Å². The molecule has 0 saturated carbocycles. The molecular formula is C30H32N4O2. The molecule has 0 bridgehead atoms. The number of phenols is 1. The molecular weight excluding hydrogens is 448 g/mol. The van der Waals surface area contributed by atoms with Gasteiger partial charge in [-0.2, -0.15) is 0 Å². The van der Waals surface area contributed by atoms with E-state index >= 15 is 0 Å². The molecule has 5 rings (SSSR count). The molecule has 0 spiro atoms. The largest absolute Gasteiger partial charge is 0.508 e. The second kappa shape index (κ2) is 10.4.